The fraction of sp³-hybridized carbons (Fsp3) is 0.458. The largest absolute Gasteiger partial charge is 0.337 e. The van der Waals surface area contributed by atoms with Crippen molar-refractivity contribution in [2.24, 2.45) is 0 Å². The van der Waals surface area contributed by atoms with E-state index in [0.29, 0.717) is 31.7 Å². The van der Waals surface area contributed by atoms with E-state index in [0.717, 1.165) is 38.9 Å². The number of aryl methyl sites for hydroxylation is 1. The third-order valence-corrected chi connectivity index (χ3v) is 8.21. The minimum Gasteiger partial charge on any atom is -0.337 e. The van der Waals surface area contributed by atoms with Gasteiger partial charge in [0.2, 0.25) is 10.0 Å². The van der Waals surface area contributed by atoms with Gasteiger partial charge in [0, 0.05) is 51.4 Å². The lowest BCUT2D eigenvalue weighted by molar-refractivity contribution is 0.0761. The lowest BCUT2D eigenvalue weighted by Gasteiger charge is -2.23. The molecule has 0 atom stereocenters. The van der Waals surface area contributed by atoms with Gasteiger partial charge in [0.1, 0.15) is 0 Å². The summed E-state index contributed by atoms with van der Waals surface area (Å²) in [6.45, 7) is 7.23. The first-order chi connectivity index (χ1) is 14.9. The molecule has 0 unspecified atom stereocenters. The molecule has 31 heavy (non-hydrogen) atoms. The van der Waals surface area contributed by atoms with Crippen LogP contribution in [0.5, 0.6) is 0 Å². The summed E-state index contributed by atoms with van der Waals surface area (Å²) in [7, 11) is -3.53. The maximum atomic E-state index is 13.2. The number of benzene rings is 2. The molecule has 7 heteroatoms. The number of hydrogen-bond acceptors (Lipinski definition) is 4. The van der Waals surface area contributed by atoms with Gasteiger partial charge in [-0.25, -0.2) is 8.42 Å². The molecule has 0 aliphatic carbocycles. The molecular formula is C24H31N3O3S. The highest BCUT2D eigenvalue weighted by Gasteiger charge is 2.28. The van der Waals surface area contributed by atoms with Gasteiger partial charge in [-0.3, -0.25) is 9.69 Å². The van der Waals surface area contributed by atoms with Gasteiger partial charge in [0.25, 0.3) is 5.91 Å². The van der Waals surface area contributed by atoms with Crippen LogP contribution < -0.4 is 0 Å². The van der Waals surface area contributed by atoms with Crippen molar-refractivity contribution < 1.29 is 13.2 Å². The summed E-state index contributed by atoms with van der Waals surface area (Å²) in [5.41, 5.74) is 3.06. The molecule has 2 heterocycles. The molecule has 2 fully saturated rings. The molecule has 2 aromatic rings. The second-order valence-corrected chi connectivity index (χ2v) is 10.4. The first kappa shape index (κ1) is 22.0. The number of hydrogen-bond donors (Lipinski definition) is 0. The Morgan fingerprint density at radius 2 is 1.65 bits per heavy atom. The molecule has 2 aliphatic heterocycles. The highest BCUT2D eigenvalue weighted by atomic mass is 32.2. The van der Waals surface area contributed by atoms with Crippen LogP contribution in [-0.4, -0.2) is 67.7 Å². The second kappa shape index (κ2) is 9.51. The van der Waals surface area contributed by atoms with Crippen molar-refractivity contribution in [2.75, 3.05) is 39.3 Å². The fourth-order valence-electron chi connectivity index (χ4n) is 4.41. The summed E-state index contributed by atoms with van der Waals surface area (Å²) in [5.74, 6) is -0.0868. The molecule has 0 saturated carbocycles. The van der Waals surface area contributed by atoms with Crippen LogP contribution in [0, 0.1) is 6.92 Å². The van der Waals surface area contributed by atoms with E-state index in [9.17, 15) is 13.2 Å². The van der Waals surface area contributed by atoms with Crippen molar-refractivity contribution in [2.45, 2.75) is 37.6 Å². The Hall–Kier alpha value is -2.22. The highest BCUT2D eigenvalue weighted by Crippen LogP contribution is 2.22. The van der Waals surface area contributed by atoms with Crippen LogP contribution in [0.3, 0.4) is 0 Å². The van der Waals surface area contributed by atoms with Crippen molar-refractivity contribution >= 4 is 15.9 Å². The molecule has 0 N–H and O–H groups in total. The molecule has 2 aromatic carbocycles. The molecule has 6 nitrogen and oxygen atoms in total. The molecule has 0 spiro atoms. The standard InChI is InChI=1S/C24H31N3O3S/c1-20-8-2-3-9-22(20)19-25-12-7-13-26(17-16-25)24(28)21-10-6-11-23(18-21)31(29,30)27-14-4-5-15-27/h2-3,6,8-11,18H,4-5,7,12-17,19H2,1H3. The summed E-state index contributed by atoms with van der Waals surface area (Å²) in [6, 6.07) is 15.0. The Bertz CT molecular complexity index is 1030. The van der Waals surface area contributed by atoms with E-state index in [1.165, 1.54) is 15.4 Å². The van der Waals surface area contributed by atoms with Gasteiger partial charge in [-0.2, -0.15) is 4.31 Å². The zero-order chi connectivity index (χ0) is 21.8. The minimum absolute atomic E-state index is 0.0868. The molecule has 0 bridgehead atoms. The van der Waals surface area contributed by atoms with Crippen molar-refractivity contribution in [1.82, 2.24) is 14.1 Å². The van der Waals surface area contributed by atoms with E-state index in [1.54, 1.807) is 24.3 Å². The van der Waals surface area contributed by atoms with E-state index in [2.05, 4.69) is 36.1 Å². The van der Waals surface area contributed by atoms with Crippen LogP contribution in [-0.2, 0) is 16.6 Å². The number of carbonyl (C=O) groups is 1. The molecular weight excluding hydrogens is 410 g/mol. The lowest BCUT2D eigenvalue weighted by Crippen LogP contribution is -2.35. The van der Waals surface area contributed by atoms with Crippen molar-refractivity contribution in [1.29, 1.82) is 0 Å². The number of carbonyl (C=O) groups excluding carboxylic acids is 1. The van der Waals surface area contributed by atoms with E-state index in [4.69, 9.17) is 0 Å². The molecule has 4 rings (SSSR count). The first-order valence-electron chi connectivity index (χ1n) is 11.1. The van der Waals surface area contributed by atoms with Gasteiger partial charge in [-0.05, 0) is 55.5 Å². The Balaban J connectivity index is 1.43. The molecule has 0 radical (unpaired) electrons. The van der Waals surface area contributed by atoms with Gasteiger partial charge >= 0.3 is 0 Å². The van der Waals surface area contributed by atoms with Crippen molar-refractivity contribution in [3.63, 3.8) is 0 Å². The Labute approximate surface area is 185 Å². The molecule has 2 saturated heterocycles. The predicted molar refractivity (Wildman–Crippen MR) is 121 cm³/mol. The maximum absolute atomic E-state index is 13.2. The van der Waals surface area contributed by atoms with E-state index < -0.39 is 10.0 Å². The summed E-state index contributed by atoms with van der Waals surface area (Å²) in [4.78, 5) is 17.6. The zero-order valence-electron chi connectivity index (χ0n) is 18.2. The van der Waals surface area contributed by atoms with Crippen LogP contribution >= 0.6 is 0 Å². The normalized spacial score (nSPS) is 18.8. The topological polar surface area (TPSA) is 60.9 Å². The van der Waals surface area contributed by atoms with Crippen LogP contribution in [0.1, 0.15) is 40.7 Å². The number of amides is 1. The first-order valence-corrected chi connectivity index (χ1v) is 12.6. The predicted octanol–water partition coefficient (Wildman–Crippen LogP) is 3.13. The molecule has 2 aliphatic rings. The average Bonchev–Trinajstić information content (AvgIpc) is 3.23. The summed E-state index contributed by atoms with van der Waals surface area (Å²) < 4.78 is 27.3. The second-order valence-electron chi connectivity index (χ2n) is 8.49. The fourth-order valence-corrected chi connectivity index (χ4v) is 5.97. The van der Waals surface area contributed by atoms with Gasteiger partial charge in [0.05, 0.1) is 4.90 Å². The number of nitrogens with zero attached hydrogens (tertiary/aromatic N) is 3. The Morgan fingerprint density at radius 1 is 0.871 bits per heavy atom. The molecule has 1 amide bonds. The van der Waals surface area contributed by atoms with Gasteiger partial charge < -0.3 is 4.90 Å². The number of rotatable bonds is 5. The van der Waals surface area contributed by atoms with E-state index in [-0.39, 0.29) is 10.8 Å². The van der Waals surface area contributed by atoms with Gasteiger partial charge in [-0.15, -0.1) is 0 Å². The summed E-state index contributed by atoms with van der Waals surface area (Å²) >= 11 is 0. The van der Waals surface area contributed by atoms with E-state index >= 15 is 0 Å². The van der Waals surface area contributed by atoms with Crippen LogP contribution in [0.25, 0.3) is 0 Å². The summed E-state index contributed by atoms with van der Waals surface area (Å²) in [5, 5.41) is 0. The van der Waals surface area contributed by atoms with Crippen LogP contribution in [0.4, 0.5) is 0 Å². The van der Waals surface area contributed by atoms with Gasteiger partial charge in [0.15, 0.2) is 0 Å². The Morgan fingerprint density at radius 3 is 2.42 bits per heavy atom. The highest BCUT2D eigenvalue weighted by molar-refractivity contribution is 7.89. The van der Waals surface area contributed by atoms with Crippen LogP contribution in [0.2, 0.25) is 0 Å². The minimum atomic E-state index is -3.53. The average molecular weight is 442 g/mol. The lowest BCUT2D eigenvalue weighted by atomic mass is 10.1. The van der Waals surface area contributed by atoms with Crippen molar-refractivity contribution in [3.05, 3.63) is 65.2 Å². The monoisotopic (exact) mass is 441 g/mol. The van der Waals surface area contributed by atoms with E-state index in [1.807, 2.05) is 4.90 Å². The SMILES string of the molecule is Cc1ccccc1CN1CCCN(C(=O)c2cccc(S(=O)(=O)N3CCCC3)c2)CC1. The quantitative estimate of drug-likeness (QED) is 0.715. The van der Waals surface area contributed by atoms with Gasteiger partial charge in [-0.1, -0.05) is 30.3 Å². The third kappa shape index (κ3) is 5.00. The van der Waals surface area contributed by atoms with Crippen molar-refractivity contribution in [3.8, 4) is 0 Å². The zero-order valence-corrected chi connectivity index (χ0v) is 19.0. The van der Waals surface area contributed by atoms with Crippen LogP contribution in [0.15, 0.2) is 53.4 Å². The molecule has 0 aromatic heterocycles. The Kier molecular flexibility index (Phi) is 6.74. The number of sulfonamides is 1. The molecule has 166 valence electrons. The maximum Gasteiger partial charge on any atom is 0.253 e. The summed E-state index contributed by atoms with van der Waals surface area (Å²) in [6.07, 6.45) is 2.69. The smallest absolute Gasteiger partial charge is 0.253 e. The third-order valence-electron chi connectivity index (χ3n) is 6.31.